The molecule has 0 unspecified atom stereocenters. The van der Waals surface area contributed by atoms with E-state index in [4.69, 9.17) is 11.6 Å². The number of halogens is 1. The molecule has 1 N–H and O–H groups in total. The largest absolute Gasteiger partial charge is 0.321 e. The molecule has 0 radical (unpaired) electrons. The lowest BCUT2D eigenvalue weighted by molar-refractivity contribution is -0.110. The van der Waals surface area contributed by atoms with Gasteiger partial charge in [0.1, 0.15) is 0 Å². The highest BCUT2D eigenvalue weighted by Gasteiger charge is 2.24. The third-order valence-corrected chi connectivity index (χ3v) is 4.12. The fraction of sp³-hybridized carbons (Fsp3) is 0. The first-order valence-corrected chi connectivity index (χ1v) is 7.41. The van der Waals surface area contributed by atoms with Gasteiger partial charge in [-0.2, -0.15) is 0 Å². The molecule has 1 aliphatic heterocycles. The zero-order valence-corrected chi connectivity index (χ0v) is 12.4. The van der Waals surface area contributed by atoms with E-state index < -0.39 is 0 Å². The molecule has 1 aromatic rings. The smallest absolute Gasteiger partial charge is 0.256 e. The Morgan fingerprint density at radius 3 is 2.68 bits per heavy atom. The highest BCUT2D eigenvalue weighted by Crippen LogP contribution is 2.37. The Labute approximate surface area is 133 Å². The van der Waals surface area contributed by atoms with E-state index >= 15 is 0 Å². The summed E-state index contributed by atoms with van der Waals surface area (Å²) in [7, 11) is 0. The average Bonchev–Trinajstić information content (AvgIpc) is 2.91. The first-order valence-electron chi connectivity index (χ1n) is 7.03. The Balaban J connectivity index is 1.87. The Kier molecular flexibility index (Phi) is 2.98. The quantitative estimate of drug-likeness (QED) is 0.634. The van der Waals surface area contributed by atoms with Crippen LogP contribution in [0.25, 0.3) is 22.8 Å². The molecule has 0 atom stereocenters. The molecule has 106 valence electrons. The summed E-state index contributed by atoms with van der Waals surface area (Å²) >= 11 is 6.06. The Morgan fingerprint density at radius 2 is 1.77 bits per heavy atom. The minimum Gasteiger partial charge on any atom is -0.321 e. The van der Waals surface area contributed by atoms with E-state index in [9.17, 15) is 4.79 Å². The van der Waals surface area contributed by atoms with Gasteiger partial charge in [0.15, 0.2) is 0 Å². The molecule has 0 aromatic heterocycles. The van der Waals surface area contributed by atoms with Gasteiger partial charge >= 0.3 is 0 Å². The Bertz CT molecular complexity index is 898. The standard InChI is InChI=1S/C19H12ClNO/c20-14-8-9-18-16(11-14)17(19(22)21-18)10-13-7-6-12-4-2-1-3-5-15(12)13/h1-11H,(H,21,22)/b17-10+. The zero-order valence-electron chi connectivity index (χ0n) is 11.6. The van der Waals surface area contributed by atoms with Crippen LogP contribution in [-0.2, 0) is 4.79 Å². The van der Waals surface area contributed by atoms with Crippen LogP contribution in [0, 0.1) is 0 Å². The molecule has 2 aliphatic carbocycles. The molecule has 0 saturated heterocycles. The van der Waals surface area contributed by atoms with Crippen LogP contribution in [0.1, 0.15) is 11.1 Å². The number of rotatable bonds is 1. The van der Waals surface area contributed by atoms with E-state index in [0.717, 1.165) is 27.9 Å². The van der Waals surface area contributed by atoms with Crippen molar-refractivity contribution in [3.8, 4) is 11.1 Å². The maximum atomic E-state index is 12.2. The number of carbonyl (C=O) groups excluding carboxylic acids is 1. The second-order valence-electron chi connectivity index (χ2n) is 5.27. The summed E-state index contributed by atoms with van der Waals surface area (Å²) in [6.07, 6.45) is 1.93. The summed E-state index contributed by atoms with van der Waals surface area (Å²) in [5.41, 5.74) is 5.62. The van der Waals surface area contributed by atoms with Gasteiger partial charge in [0.25, 0.3) is 5.91 Å². The predicted octanol–water partition coefficient (Wildman–Crippen LogP) is 4.94. The van der Waals surface area contributed by atoms with E-state index in [2.05, 4.69) is 23.5 Å². The topological polar surface area (TPSA) is 29.1 Å². The summed E-state index contributed by atoms with van der Waals surface area (Å²) in [6.45, 7) is 0. The van der Waals surface area contributed by atoms with Gasteiger partial charge in [-0.1, -0.05) is 54.1 Å². The summed E-state index contributed by atoms with van der Waals surface area (Å²) < 4.78 is 0. The van der Waals surface area contributed by atoms with Crippen molar-refractivity contribution in [2.45, 2.75) is 0 Å². The van der Waals surface area contributed by atoms with Gasteiger partial charge in [0, 0.05) is 21.8 Å². The van der Waals surface area contributed by atoms with Crippen LogP contribution in [0.5, 0.6) is 0 Å². The molecule has 4 rings (SSSR count). The first-order chi connectivity index (χ1) is 10.7. The van der Waals surface area contributed by atoms with Gasteiger partial charge < -0.3 is 5.32 Å². The lowest BCUT2D eigenvalue weighted by Gasteiger charge is -2.00. The van der Waals surface area contributed by atoms with E-state index in [0.29, 0.717) is 10.6 Å². The van der Waals surface area contributed by atoms with E-state index in [1.807, 2.05) is 42.5 Å². The second-order valence-corrected chi connectivity index (χ2v) is 5.71. The van der Waals surface area contributed by atoms with E-state index in [-0.39, 0.29) is 5.91 Å². The van der Waals surface area contributed by atoms with Crippen LogP contribution in [0.3, 0.4) is 0 Å². The van der Waals surface area contributed by atoms with Gasteiger partial charge in [-0.25, -0.2) is 0 Å². The molecule has 3 heteroatoms. The van der Waals surface area contributed by atoms with Crippen molar-refractivity contribution in [1.82, 2.24) is 0 Å². The van der Waals surface area contributed by atoms with Crippen LogP contribution in [0.4, 0.5) is 5.69 Å². The number of benzene rings is 1. The first kappa shape index (κ1) is 13.1. The normalized spacial score (nSPS) is 15.1. The summed E-state index contributed by atoms with van der Waals surface area (Å²) in [4.78, 5) is 12.2. The van der Waals surface area contributed by atoms with Crippen molar-refractivity contribution in [2.24, 2.45) is 0 Å². The molecule has 22 heavy (non-hydrogen) atoms. The molecule has 0 saturated carbocycles. The number of amides is 1. The van der Waals surface area contributed by atoms with Crippen molar-refractivity contribution < 1.29 is 4.79 Å². The van der Waals surface area contributed by atoms with Crippen molar-refractivity contribution >= 4 is 34.8 Å². The number of fused-ring (bicyclic) bond motifs is 2. The molecular formula is C19H12ClNO. The minimum atomic E-state index is -0.0908. The lowest BCUT2D eigenvalue weighted by Crippen LogP contribution is -2.03. The summed E-state index contributed by atoms with van der Waals surface area (Å²) in [5, 5.41) is 3.50. The van der Waals surface area contributed by atoms with Gasteiger partial charge in [-0.05, 0) is 41.0 Å². The SMILES string of the molecule is O=C1Nc2ccc(Cl)cc2/C1=C\c1ccc2cccccc1-2. The molecule has 0 bridgehead atoms. The highest BCUT2D eigenvalue weighted by atomic mass is 35.5. The van der Waals surface area contributed by atoms with Crippen molar-refractivity contribution in [3.63, 3.8) is 0 Å². The van der Waals surface area contributed by atoms with Crippen LogP contribution < -0.4 is 5.32 Å². The van der Waals surface area contributed by atoms with Gasteiger partial charge in [0.2, 0.25) is 0 Å². The fourth-order valence-corrected chi connectivity index (χ4v) is 3.00. The Morgan fingerprint density at radius 1 is 0.909 bits per heavy atom. The monoisotopic (exact) mass is 305 g/mol. The van der Waals surface area contributed by atoms with Crippen LogP contribution in [0.2, 0.25) is 5.02 Å². The van der Waals surface area contributed by atoms with Gasteiger partial charge in [-0.3, -0.25) is 4.79 Å². The second kappa shape index (κ2) is 5.00. The molecule has 2 nitrogen and oxygen atoms in total. The summed E-state index contributed by atoms with van der Waals surface area (Å²) in [5.74, 6) is -0.0908. The number of anilines is 1. The van der Waals surface area contributed by atoms with Crippen molar-refractivity contribution in [2.75, 3.05) is 5.32 Å². The third kappa shape index (κ3) is 2.09. The molecule has 1 amide bonds. The summed E-state index contributed by atoms with van der Waals surface area (Å²) in [6, 6.07) is 19.7. The Hall–Kier alpha value is -2.58. The molecule has 0 spiro atoms. The average molecular weight is 306 g/mol. The zero-order chi connectivity index (χ0) is 15.1. The van der Waals surface area contributed by atoms with Crippen LogP contribution in [-0.4, -0.2) is 5.91 Å². The lowest BCUT2D eigenvalue weighted by atomic mass is 10.0. The van der Waals surface area contributed by atoms with Crippen LogP contribution in [0.15, 0.2) is 60.7 Å². The molecule has 3 aliphatic rings. The highest BCUT2D eigenvalue weighted by molar-refractivity contribution is 6.37. The minimum absolute atomic E-state index is 0.0908. The van der Waals surface area contributed by atoms with E-state index in [1.54, 1.807) is 6.07 Å². The fourth-order valence-electron chi connectivity index (χ4n) is 2.82. The number of nitrogens with one attached hydrogen (secondary N) is 1. The molecule has 1 heterocycles. The van der Waals surface area contributed by atoms with Crippen molar-refractivity contribution in [1.29, 1.82) is 0 Å². The van der Waals surface area contributed by atoms with Crippen molar-refractivity contribution in [3.05, 3.63) is 76.8 Å². The third-order valence-electron chi connectivity index (χ3n) is 3.89. The maximum absolute atomic E-state index is 12.2. The number of carbonyl (C=O) groups is 1. The van der Waals surface area contributed by atoms with Crippen LogP contribution >= 0.6 is 11.6 Å². The molecule has 1 aromatic carbocycles. The number of hydrogen-bond donors (Lipinski definition) is 1. The van der Waals surface area contributed by atoms with Gasteiger partial charge in [-0.15, -0.1) is 0 Å². The molecule has 0 fully saturated rings. The molecular weight excluding hydrogens is 294 g/mol. The number of hydrogen-bond acceptors (Lipinski definition) is 1. The van der Waals surface area contributed by atoms with Gasteiger partial charge in [0.05, 0.1) is 0 Å². The van der Waals surface area contributed by atoms with E-state index in [1.165, 1.54) is 0 Å². The maximum Gasteiger partial charge on any atom is 0.256 e. The predicted molar refractivity (Wildman–Crippen MR) is 91.0 cm³/mol.